The third kappa shape index (κ3) is 5.09. The molecular formula is C16H14Cl2N2O6S. The van der Waals surface area contributed by atoms with Gasteiger partial charge in [0.25, 0.3) is 15.7 Å². The molecule has 0 aliphatic rings. The van der Waals surface area contributed by atoms with E-state index in [0.717, 1.165) is 28.6 Å². The minimum absolute atomic E-state index is 0.0545. The quantitative estimate of drug-likeness (QED) is 0.375. The monoisotopic (exact) mass is 432 g/mol. The predicted octanol–water partition coefficient (Wildman–Crippen LogP) is 3.66. The SMILES string of the molecule is CCOC(=O)CN(c1cc(Cl)cc(Cl)c1)S(=O)(=O)c1ccc([N+](=O)[O-])cc1. The van der Waals surface area contributed by atoms with Gasteiger partial charge >= 0.3 is 5.97 Å². The van der Waals surface area contributed by atoms with Crippen LogP contribution < -0.4 is 4.31 Å². The molecule has 0 saturated carbocycles. The Morgan fingerprint density at radius 3 is 2.19 bits per heavy atom. The van der Waals surface area contributed by atoms with Crippen LogP contribution in [-0.2, 0) is 19.6 Å². The molecule has 0 heterocycles. The first kappa shape index (κ1) is 20.9. The lowest BCUT2D eigenvalue weighted by Crippen LogP contribution is -2.36. The number of carbonyl (C=O) groups excluding carboxylic acids is 1. The fraction of sp³-hybridized carbons (Fsp3) is 0.188. The Balaban J connectivity index is 2.53. The summed E-state index contributed by atoms with van der Waals surface area (Å²) >= 11 is 11.9. The van der Waals surface area contributed by atoms with Crippen LogP contribution in [0.15, 0.2) is 47.4 Å². The van der Waals surface area contributed by atoms with E-state index in [4.69, 9.17) is 27.9 Å². The number of benzene rings is 2. The Kier molecular flexibility index (Phi) is 6.63. The molecule has 0 aromatic heterocycles. The molecule has 0 spiro atoms. The maximum Gasteiger partial charge on any atom is 0.326 e. The number of nitrogens with zero attached hydrogens (tertiary/aromatic N) is 2. The van der Waals surface area contributed by atoms with E-state index in [-0.39, 0.29) is 32.9 Å². The summed E-state index contributed by atoms with van der Waals surface area (Å²) in [5.41, 5.74) is -0.212. The molecule has 0 N–H and O–H groups in total. The molecule has 2 aromatic rings. The van der Waals surface area contributed by atoms with Gasteiger partial charge in [-0.3, -0.25) is 19.2 Å². The third-order valence-corrected chi connectivity index (χ3v) is 5.57. The highest BCUT2D eigenvalue weighted by molar-refractivity contribution is 7.92. The number of nitro groups is 1. The van der Waals surface area contributed by atoms with Gasteiger partial charge in [0.05, 0.1) is 22.1 Å². The number of esters is 1. The summed E-state index contributed by atoms with van der Waals surface area (Å²) in [5.74, 6) is -0.779. The van der Waals surface area contributed by atoms with Crippen molar-refractivity contribution in [3.8, 4) is 0 Å². The summed E-state index contributed by atoms with van der Waals surface area (Å²) in [7, 11) is -4.25. The molecular weight excluding hydrogens is 419 g/mol. The molecule has 0 fully saturated rings. The molecule has 2 rings (SSSR count). The molecule has 0 radical (unpaired) electrons. The number of sulfonamides is 1. The predicted molar refractivity (Wildman–Crippen MR) is 101 cm³/mol. The second kappa shape index (κ2) is 8.55. The fourth-order valence-electron chi connectivity index (χ4n) is 2.19. The maximum atomic E-state index is 13.0. The Morgan fingerprint density at radius 2 is 1.70 bits per heavy atom. The molecule has 0 aliphatic carbocycles. The van der Waals surface area contributed by atoms with E-state index in [1.165, 1.54) is 18.2 Å². The molecule has 0 bridgehead atoms. The van der Waals surface area contributed by atoms with Crippen LogP contribution in [0.1, 0.15) is 6.92 Å². The number of hydrogen-bond acceptors (Lipinski definition) is 6. The molecule has 144 valence electrons. The standard InChI is InChI=1S/C16H14Cl2N2O6S/c1-2-26-16(21)10-19(14-8-11(17)7-12(18)9-14)27(24,25)15-5-3-13(4-6-15)20(22)23/h3-9H,2,10H2,1H3. The molecule has 8 nitrogen and oxygen atoms in total. The van der Waals surface area contributed by atoms with Gasteiger partial charge in [-0.2, -0.15) is 0 Å². The number of halogens is 2. The fourth-order valence-corrected chi connectivity index (χ4v) is 4.10. The van der Waals surface area contributed by atoms with E-state index in [0.29, 0.717) is 0 Å². The van der Waals surface area contributed by atoms with Crippen LogP contribution in [0.2, 0.25) is 10.0 Å². The lowest BCUT2D eigenvalue weighted by Gasteiger charge is -2.24. The van der Waals surface area contributed by atoms with Gasteiger partial charge in [0.15, 0.2) is 0 Å². The van der Waals surface area contributed by atoms with Gasteiger partial charge < -0.3 is 4.74 Å². The Labute approximate surface area is 165 Å². The molecule has 0 unspecified atom stereocenters. The number of carbonyl (C=O) groups is 1. The number of ether oxygens (including phenoxy) is 1. The van der Waals surface area contributed by atoms with Crippen molar-refractivity contribution in [1.29, 1.82) is 0 Å². The van der Waals surface area contributed by atoms with Gasteiger partial charge in [-0.15, -0.1) is 0 Å². The summed E-state index contributed by atoms with van der Waals surface area (Å²) < 4.78 is 31.7. The van der Waals surface area contributed by atoms with E-state index >= 15 is 0 Å². The van der Waals surface area contributed by atoms with Gasteiger partial charge in [-0.1, -0.05) is 23.2 Å². The zero-order valence-corrected chi connectivity index (χ0v) is 16.3. The van der Waals surface area contributed by atoms with E-state index in [9.17, 15) is 23.3 Å². The number of anilines is 1. The first-order valence-corrected chi connectivity index (χ1v) is 9.73. The maximum absolute atomic E-state index is 13.0. The van der Waals surface area contributed by atoms with Crippen molar-refractivity contribution in [1.82, 2.24) is 0 Å². The van der Waals surface area contributed by atoms with Crippen LogP contribution in [0.5, 0.6) is 0 Å². The van der Waals surface area contributed by atoms with Crippen LogP contribution in [0.25, 0.3) is 0 Å². The Morgan fingerprint density at radius 1 is 1.15 bits per heavy atom. The van der Waals surface area contributed by atoms with E-state index in [2.05, 4.69) is 0 Å². The van der Waals surface area contributed by atoms with Crippen molar-refractivity contribution in [2.75, 3.05) is 17.5 Å². The van der Waals surface area contributed by atoms with Crippen molar-refractivity contribution in [2.45, 2.75) is 11.8 Å². The molecule has 0 amide bonds. The minimum atomic E-state index is -4.25. The van der Waals surface area contributed by atoms with Crippen molar-refractivity contribution in [2.24, 2.45) is 0 Å². The van der Waals surface area contributed by atoms with Crippen LogP contribution in [0.4, 0.5) is 11.4 Å². The lowest BCUT2D eigenvalue weighted by atomic mass is 10.3. The molecule has 0 saturated heterocycles. The van der Waals surface area contributed by atoms with Crippen LogP contribution in [0.3, 0.4) is 0 Å². The van der Waals surface area contributed by atoms with Crippen LogP contribution in [-0.4, -0.2) is 32.5 Å². The second-order valence-corrected chi connectivity index (χ2v) is 7.93. The van der Waals surface area contributed by atoms with Gasteiger partial charge in [0.2, 0.25) is 0 Å². The van der Waals surface area contributed by atoms with Crippen molar-refractivity contribution in [3.63, 3.8) is 0 Å². The summed E-state index contributed by atoms with van der Waals surface area (Å²) in [6.45, 7) is 1.04. The number of rotatable bonds is 7. The zero-order chi connectivity index (χ0) is 20.2. The highest BCUT2D eigenvalue weighted by Crippen LogP contribution is 2.30. The van der Waals surface area contributed by atoms with Gasteiger partial charge in [0.1, 0.15) is 6.54 Å². The normalized spacial score (nSPS) is 11.1. The van der Waals surface area contributed by atoms with Crippen LogP contribution >= 0.6 is 23.2 Å². The smallest absolute Gasteiger partial charge is 0.326 e. The molecule has 27 heavy (non-hydrogen) atoms. The molecule has 0 atom stereocenters. The zero-order valence-electron chi connectivity index (χ0n) is 14.0. The van der Waals surface area contributed by atoms with Gasteiger partial charge in [0, 0.05) is 22.2 Å². The van der Waals surface area contributed by atoms with Crippen LogP contribution in [0, 0.1) is 10.1 Å². The average Bonchev–Trinajstić information content (AvgIpc) is 2.59. The van der Waals surface area contributed by atoms with Crippen molar-refractivity contribution < 1.29 is 22.9 Å². The van der Waals surface area contributed by atoms with Gasteiger partial charge in [-0.05, 0) is 37.3 Å². The molecule has 11 heteroatoms. The van der Waals surface area contributed by atoms with E-state index < -0.39 is 27.5 Å². The average molecular weight is 433 g/mol. The van der Waals surface area contributed by atoms with Crippen molar-refractivity contribution >= 4 is 50.6 Å². The largest absolute Gasteiger partial charge is 0.465 e. The lowest BCUT2D eigenvalue weighted by molar-refractivity contribution is -0.384. The highest BCUT2D eigenvalue weighted by Gasteiger charge is 2.28. The van der Waals surface area contributed by atoms with Crippen molar-refractivity contribution in [3.05, 3.63) is 62.6 Å². The summed E-state index contributed by atoms with van der Waals surface area (Å²) in [6.07, 6.45) is 0. The first-order chi connectivity index (χ1) is 12.6. The minimum Gasteiger partial charge on any atom is -0.465 e. The number of nitro benzene ring substituents is 1. The van der Waals surface area contributed by atoms with E-state index in [1.807, 2.05) is 0 Å². The third-order valence-electron chi connectivity index (χ3n) is 3.35. The molecule has 0 aliphatic heterocycles. The second-order valence-electron chi connectivity index (χ2n) is 5.20. The topological polar surface area (TPSA) is 107 Å². The Bertz CT molecular complexity index is 943. The Hall–Kier alpha value is -2.36. The first-order valence-electron chi connectivity index (χ1n) is 7.54. The molecule has 2 aromatic carbocycles. The number of hydrogen-bond donors (Lipinski definition) is 0. The summed E-state index contributed by atoms with van der Waals surface area (Å²) in [4.78, 5) is 21.8. The van der Waals surface area contributed by atoms with Gasteiger partial charge in [-0.25, -0.2) is 8.42 Å². The van der Waals surface area contributed by atoms with E-state index in [1.54, 1.807) is 6.92 Å². The summed E-state index contributed by atoms with van der Waals surface area (Å²) in [6, 6.07) is 8.34. The highest BCUT2D eigenvalue weighted by atomic mass is 35.5. The number of non-ortho nitro benzene ring substituents is 1. The summed E-state index contributed by atoms with van der Waals surface area (Å²) in [5, 5.41) is 11.1.